The van der Waals surface area contributed by atoms with Gasteiger partial charge in [-0.3, -0.25) is 9.59 Å². The summed E-state index contributed by atoms with van der Waals surface area (Å²) in [5.41, 5.74) is 5.12. The van der Waals surface area contributed by atoms with E-state index in [1.165, 1.54) is 11.1 Å². The Balaban J connectivity index is 1.50. The number of nitrogens with zero attached hydrogens (tertiary/aromatic N) is 1. The lowest BCUT2D eigenvalue weighted by atomic mass is 10.1. The standard InChI is InChI=1S/C15H17N3O3/c19-14-4-2-12(17-18-14)15(20)16-7-5-10-1-3-13-11(9-10)6-8-21-13/h1,3,9H,2,4-8H2,(H,16,20)(H,18,19). The second-order valence-corrected chi connectivity index (χ2v) is 5.14. The first-order valence-corrected chi connectivity index (χ1v) is 7.10. The zero-order chi connectivity index (χ0) is 14.7. The third-order valence-corrected chi connectivity index (χ3v) is 3.62. The number of carbonyl (C=O) groups excluding carboxylic acids is 2. The van der Waals surface area contributed by atoms with Crippen molar-refractivity contribution in [2.45, 2.75) is 25.7 Å². The second kappa shape index (κ2) is 5.95. The molecule has 0 saturated heterocycles. The maximum absolute atomic E-state index is 11.9. The van der Waals surface area contributed by atoms with Crippen LogP contribution in [0.15, 0.2) is 23.3 Å². The van der Waals surface area contributed by atoms with E-state index in [2.05, 4.69) is 21.9 Å². The Labute approximate surface area is 122 Å². The van der Waals surface area contributed by atoms with Gasteiger partial charge in [0, 0.05) is 25.8 Å². The molecule has 2 heterocycles. The molecule has 110 valence electrons. The normalized spacial score (nSPS) is 16.6. The topological polar surface area (TPSA) is 79.8 Å². The van der Waals surface area contributed by atoms with Crippen LogP contribution in [-0.4, -0.2) is 30.7 Å². The smallest absolute Gasteiger partial charge is 0.267 e. The van der Waals surface area contributed by atoms with Gasteiger partial charge in [-0.25, -0.2) is 5.43 Å². The van der Waals surface area contributed by atoms with Crippen LogP contribution in [0.1, 0.15) is 24.0 Å². The second-order valence-electron chi connectivity index (χ2n) is 5.14. The van der Waals surface area contributed by atoms with Gasteiger partial charge in [0.1, 0.15) is 11.5 Å². The summed E-state index contributed by atoms with van der Waals surface area (Å²) in [4.78, 5) is 22.8. The van der Waals surface area contributed by atoms with Gasteiger partial charge in [0.05, 0.1) is 6.61 Å². The minimum absolute atomic E-state index is 0.146. The number of hydrazone groups is 1. The Kier molecular flexibility index (Phi) is 3.85. The highest BCUT2D eigenvalue weighted by molar-refractivity contribution is 6.39. The zero-order valence-electron chi connectivity index (χ0n) is 11.6. The summed E-state index contributed by atoms with van der Waals surface area (Å²) in [7, 11) is 0. The number of hydrogen-bond donors (Lipinski definition) is 2. The summed E-state index contributed by atoms with van der Waals surface area (Å²) in [6.07, 6.45) is 2.43. The molecule has 0 aromatic heterocycles. The van der Waals surface area contributed by atoms with Crippen LogP contribution in [0, 0.1) is 0 Å². The van der Waals surface area contributed by atoms with Crippen molar-refractivity contribution in [1.29, 1.82) is 0 Å². The summed E-state index contributed by atoms with van der Waals surface area (Å²) in [6.45, 7) is 1.30. The third-order valence-electron chi connectivity index (χ3n) is 3.62. The first-order chi connectivity index (χ1) is 10.2. The Morgan fingerprint density at radius 1 is 1.33 bits per heavy atom. The summed E-state index contributed by atoms with van der Waals surface area (Å²) < 4.78 is 5.46. The molecule has 2 N–H and O–H groups in total. The summed E-state index contributed by atoms with van der Waals surface area (Å²) >= 11 is 0. The van der Waals surface area contributed by atoms with Crippen molar-refractivity contribution in [1.82, 2.24) is 10.7 Å². The SMILES string of the molecule is O=C1CCC(C(=O)NCCc2ccc3c(c2)CCO3)=NN1. The molecular weight excluding hydrogens is 270 g/mol. The van der Waals surface area contributed by atoms with Crippen molar-refractivity contribution in [3.8, 4) is 5.75 Å². The number of benzene rings is 1. The predicted octanol–water partition coefficient (Wildman–Crippen LogP) is 0.546. The molecule has 2 amide bonds. The van der Waals surface area contributed by atoms with E-state index in [9.17, 15) is 9.59 Å². The van der Waals surface area contributed by atoms with Gasteiger partial charge in [-0.05, 0) is 23.6 Å². The molecule has 0 saturated carbocycles. The van der Waals surface area contributed by atoms with E-state index in [1.54, 1.807) is 0 Å². The summed E-state index contributed by atoms with van der Waals surface area (Å²) in [6, 6.07) is 6.14. The maximum Gasteiger partial charge on any atom is 0.267 e. The molecule has 0 fully saturated rings. The Bertz CT molecular complexity index is 610. The van der Waals surface area contributed by atoms with Crippen LogP contribution in [0.3, 0.4) is 0 Å². The van der Waals surface area contributed by atoms with Crippen LogP contribution >= 0.6 is 0 Å². The third kappa shape index (κ3) is 3.21. The molecule has 2 aliphatic rings. The van der Waals surface area contributed by atoms with Gasteiger partial charge in [0.25, 0.3) is 5.91 Å². The molecule has 6 nitrogen and oxygen atoms in total. The van der Waals surface area contributed by atoms with E-state index in [-0.39, 0.29) is 11.8 Å². The zero-order valence-corrected chi connectivity index (χ0v) is 11.6. The van der Waals surface area contributed by atoms with E-state index < -0.39 is 0 Å². The van der Waals surface area contributed by atoms with Gasteiger partial charge in [-0.1, -0.05) is 12.1 Å². The van der Waals surface area contributed by atoms with Crippen LogP contribution < -0.4 is 15.5 Å². The van der Waals surface area contributed by atoms with Gasteiger partial charge in [-0.2, -0.15) is 5.10 Å². The Hall–Kier alpha value is -2.37. The van der Waals surface area contributed by atoms with Crippen molar-refractivity contribution < 1.29 is 14.3 Å². The van der Waals surface area contributed by atoms with Crippen molar-refractivity contribution in [2.75, 3.05) is 13.2 Å². The van der Waals surface area contributed by atoms with E-state index >= 15 is 0 Å². The molecule has 0 bridgehead atoms. The van der Waals surface area contributed by atoms with Crippen LogP contribution in [-0.2, 0) is 22.4 Å². The highest BCUT2D eigenvalue weighted by Gasteiger charge is 2.18. The molecule has 1 aromatic carbocycles. The lowest BCUT2D eigenvalue weighted by Crippen LogP contribution is -2.37. The molecule has 0 radical (unpaired) electrons. The van der Waals surface area contributed by atoms with Crippen LogP contribution in [0.2, 0.25) is 0 Å². The van der Waals surface area contributed by atoms with E-state index in [0.717, 1.165) is 25.2 Å². The summed E-state index contributed by atoms with van der Waals surface area (Å²) in [5, 5.41) is 6.60. The largest absolute Gasteiger partial charge is 0.493 e. The molecule has 2 aliphatic heterocycles. The van der Waals surface area contributed by atoms with Crippen molar-refractivity contribution in [3.05, 3.63) is 29.3 Å². The van der Waals surface area contributed by atoms with E-state index in [0.29, 0.717) is 25.1 Å². The van der Waals surface area contributed by atoms with Crippen LogP contribution in [0.25, 0.3) is 0 Å². The molecule has 0 atom stereocenters. The number of carbonyl (C=O) groups is 2. The Morgan fingerprint density at radius 3 is 3.05 bits per heavy atom. The molecule has 6 heteroatoms. The van der Waals surface area contributed by atoms with Gasteiger partial charge in [0.2, 0.25) is 5.91 Å². The lowest BCUT2D eigenvalue weighted by Gasteiger charge is -2.12. The van der Waals surface area contributed by atoms with Gasteiger partial charge in [0.15, 0.2) is 0 Å². The average Bonchev–Trinajstić information content (AvgIpc) is 2.95. The van der Waals surface area contributed by atoms with Crippen LogP contribution in [0.4, 0.5) is 0 Å². The molecule has 3 rings (SSSR count). The fourth-order valence-electron chi connectivity index (χ4n) is 2.46. The minimum atomic E-state index is -0.209. The molecule has 0 aliphatic carbocycles. The van der Waals surface area contributed by atoms with Gasteiger partial charge >= 0.3 is 0 Å². The predicted molar refractivity (Wildman–Crippen MR) is 77.2 cm³/mol. The highest BCUT2D eigenvalue weighted by atomic mass is 16.5. The minimum Gasteiger partial charge on any atom is -0.493 e. The number of fused-ring (bicyclic) bond motifs is 1. The van der Waals surface area contributed by atoms with Crippen LogP contribution in [0.5, 0.6) is 5.75 Å². The molecule has 0 unspecified atom stereocenters. The number of nitrogens with one attached hydrogen (secondary N) is 2. The van der Waals surface area contributed by atoms with Crippen molar-refractivity contribution in [2.24, 2.45) is 5.10 Å². The van der Waals surface area contributed by atoms with Gasteiger partial charge in [-0.15, -0.1) is 0 Å². The van der Waals surface area contributed by atoms with Crippen molar-refractivity contribution >= 4 is 17.5 Å². The van der Waals surface area contributed by atoms with E-state index in [4.69, 9.17) is 4.74 Å². The highest BCUT2D eigenvalue weighted by Crippen LogP contribution is 2.25. The lowest BCUT2D eigenvalue weighted by molar-refractivity contribution is -0.121. The van der Waals surface area contributed by atoms with E-state index in [1.807, 2.05) is 12.1 Å². The molecular formula is C15H17N3O3. The Morgan fingerprint density at radius 2 is 2.24 bits per heavy atom. The number of amides is 2. The maximum atomic E-state index is 11.9. The fraction of sp³-hybridized carbons (Fsp3) is 0.400. The van der Waals surface area contributed by atoms with Gasteiger partial charge < -0.3 is 10.1 Å². The number of ether oxygens (including phenoxy) is 1. The summed E-state index contributed by atoms with van der Waals surface area (Å²) in [5.74, 6) is 0.612. The first-order valence-electron chi connectivity index (χ1n) is 7.10. The van der Waals surface area contributed by atoms with Crippen molar-refractivity contribution in [3.63, 3.8) is 0 Å². The molecule has 1 aromatic rings. The number of hydrogen-bond acceptors (Lipinski definition) is 4. The first kappa shape index (κ1) is 13.6. The molecule has 21 heavy (non-hydrogen) atoms. The number of rotatable bonds is 4. The molecule has 0 spiro atoms. The fourth-order valence-corrected chi connectivity index (χ4v) is 2.46. The quantitative estimate of drug-likeness (QED) is 0.848. The monoisotopic (exact) mass is 287 g/mol. The average molecular weight is 287 g/mol.